The van der Waals surface area contributed by atoms with Crippen molar-refractivity contribution in [1.29, 1.82) is 0 Å². The summed E-state index contributed by atoms with van der Waals surface area (Å²) >= 11 is 1.15. The monoisotopic (exact) mass is 389 g/mol. The van der Waals surface area contributed by atoms with Crippen LogP contribution < -0.4 is 10.1 Å². The number of nitrogens with one attached hydrogen (secondary N) is 1. The number of carboxylic acids is 1. The Balaban J connectivity index is 2.00. The summed E-state index contributed by atoms with van der Waals surface area (Å²) in [6.07, 6.45) is 0. The molecule has 0 aliphatic rings. The smallest absolute Gasteiger partial charge is 0.316 e. The molecular weight excluding hydrogens is 366 g/mol. The molecule has 144 valence electrons. The Labute approximate surface area is 162 Å². The van der Waals surface area contributed by atoms with Gasteiger partial charge >= 0.3 is 5.97 Å². The summed E-state index contributed by atoms with van der Waals surface area (Å²) in [7, 11) is 1.61. The topological polar surface area (TPSA) is 84.9 Å². The van der Waals surface area contributed by atoms with Crippen LogP contribution in [0.1, 0.15) is 22.8 Å². The first kappa shape index (κ1) is 20.8. The second-order valence-electron chi connectivity index (χ2n) is 5.77. The van der Waals surface area contributed by atoms with Gasteiger partial charge in [0.05, 0.1) is 12.2 Å². The summed E-state index contributed by atoms with van der Waals surface area (Å²) in [5, 5.41) is 11.3. The summed E-state index contributed by atoms with van der Waals surface area (Å²) < 4.78 is 10.5. The van der Waals surface area contributed by atoms with Crippen molar-refractivity contribution in [1.82, 2.24) is 5.32 Å². The molecule has 0 aromatic heterocycles. The van der Waals surface area contributed by atoms with Crippen molar-refractivity contribution in [2.75, 3.05) is 20.3 Å². The van der Waals surface area contributed by atoms with Gasteiger partial charge in [0.25, 0.3) is 5.91 Å². The molecule has 2 aromatic carbocycles. The number of hydrogen-bond donors (Lipinski definition) is 2. The van der Waals surface area contributed by atoms with Gasteiger partial charge in [-0.15, -0.1) is 11.8 Å². The molecule has 0 fully saturated rings. The van der Waals surface area contributed by atoms with Gasteiger partial charge in [-0.1, -0.05) is 24.3 Å². The van der Waals surface area contributed by atoms with Crippen LogP contribution in [-0.2, 0) is 16.1 Å². The number of carbonyl (C=O) groups is 2. The van der Waals surface area contributed by atoms with Crippen molar-refractivity contribution in [3.8, 4) is 5.75 Å². The van der Waals surface area contributed by atoms with E-state index in [9.17, 15) is 9.59 Å². The fraction of sp³-hybridized carbons (Fsp3) is 0.300. The summed E-state index contributed by atoms with van der Waals surface area (Å²) in [4.78, 5) is 24.3. The fourth-order valence-corrected chi connectivity index (χ4v) is 3.19. The number of methoxy groups -OCH3 is 1. The summed E-state index contributed by atoms with van der Waals surface area (Å²) in [6, 6.07) is 14.5. The highest BCUT2D eigenvalue weighted by Gasteiger charge is 2.17. The van der Waals surface area contributed by atoms with Gasteiger partial charge in [-0.25, -0.2) is 0 Å². The van der Waals surface area contributed by atoms with E-state index in [0.717, 1.165) is 17.3 Å². The molecule has 7 heteroatoms. The van der Waals surface area contributed by atoms with E-state index in [0.29, 0.717) is 36.0 Å². The average Bonchev–Trinajstić information content (AvgIpc) is 2.67. The van der Waals surface area contributed by atoms with Crippen molar-refractivity contribution < 1.29 is 24.2 Å². The highest BCUT2D eigenvalue weighted by atomic mass is 32.2. The third kappa shape index (κ3) is 6.62. The quantitative estimate of drug-likeness (QED) is 0.479. The lowest BCUT2D eigenvalue weighted by Crippen LogP contribution is -2.24. The Kier molecular flexibility index (Phi) is 8.16. The van der Waals surface area contributed by atoms with Crippen molar-refractivity contribution in [3.05, 3.63) is 59.7 Å². The van der Waals surface area contributed by atoms with E-state index in [1.807, 2.05) is 24.3 Å². The van der Waals surface area contributed by atoms with Crippen molar-refractivity contribution in [3.63, 3.8) is 0 Å². The van der Waals surface area contributed by atoms with Crippen molar-refractivity contribution in [2.45, 2.75) is 23.6 Å². The minimum atomic E-state index is -0.916. The van der Waals surface area contributed by atoms with Gasteiger partial charge in [-0.3, -0.25) is 9.59 Å². The molecule has 1 unspecified atom stereocenters. The number of amides is 1. The lowest BCUT2D eigenvalue weighted by Gasteiger charge is -2.12. The maximum atomic E-state index is 12.6. The lowest BCUT2D eigenvalue weighted by atomic mass is 10.2. The molecule has 0 bridgehead atoms. The number of carboxylic acid groups (broad SMARTS) is 1. The standard InChI is InChI=1S/C20H23NO5S/c1-14(20(23)24)27-18-9-4-3-8-17(18)19(22)21-13-15-6-5-7-16(12-15)26-11-10-25-2/h3-9,12,14H,10-11,13H2,1-2H3,(H,21,22)(H,23,24). The Morgan fingerprint density at radius 3 is 2.67 bits per heavy atom. The van der Waals surface area contributed by atoms with E-state index in [-0.39, 0.29) is 5.91 Å². The Morgan fingerprint density at radius 2 is 1.93 bits per heavy atom. The second kappa shape index (κ2) is 10.6. The molecule has 0 saturated heterocycles. The molecule has 6 nitrogen and oxygen atoms in total. The summed E-state index contributed by atoms with van der Waals surface area (Å²) in [6.45, 7) is 2.90. The molecule has 2 aromatic rings. The molecule has 27 heavy (non-hydrogen) atoms. The Bertz CT molecular complexity index is 780. The molecule has 2 N–H and O–H groups in total. The molecule has 0 saturated carbocycles. The number of carbonyl (C=O) groups excluding carboxylic acids is 1. The van der Waals surface area contributed by atoms with E-state index in [1.54, 1.807) is 38.3 Å². The van der Waals surface area contributed by atoms with Gasteiger partial charge in [0.2, 0.25) is 0 Å². The van der Waals surface area contributed by atoms with Crippen LogP contribution in [0.4, 0.5) is 0 Å². The third-order valence-corrected chi connectivity index (χ3v) is 4.86. The zero-order valence-electron chi connectivity index (χ0n) is 15.3. The first-order chi connectivity index (χ1) is 13.0. The van der Waals surface area contributed by atoms with E-state index < -0.39 is 11.2 Å². The molecule has 1 amide bonds. The van der Waals surface area contributed by atoms with Crippen molar-refractivity contribution >= 4 is 23.6 Å². The van der Waals surface area contributed by atoms with E-state index >= 15 is 0 Å². The predicted octanol–water partition coefficient (Wildman–Crippen LogP) is 3.21. The number of benzene rings is 2. The molecule has 0 heterocycles. The minimum Gasteiger partial charge on any atom is -0.491 e. The molecule has 0 spiro atoms. The molecular formula is C20H23NO5S. The van der Waals surface area contributed by atoms with E-state index in [1.165, 1.54) is 0 Å². The van der Waals surface area contributed by atoms with Crippen LogP contribution in [0.5, 0.6) is 5.75 Å². The van der Waals surface area contributed by atoms with Gasteiger partial charge < -0.3 is 19.9 Å². The number of rotatable bonds is 10. The molecule has 1 atom stereocenters. The molecule has 2 rings (SSSR count). The highest BCUT2D eigenvalue weighted by molar-refractivity contribution is 8.00. The van der Waals surface area contributed by atoms with Crippen LogP contribution >= 0.6 is 11.8 Å². The van der Waals surface area contributed by atoms with Crippen LogP contribution in [0.3, 0.4) is 0 Å². The van der Waals surface area contributed by atoms with Crippen LogP contribution in [0.2, 0.25) is 0 Å². The lowest BCUT2D eigenvalue weighted by molar-refractivity contribution is -0.136. The molecule has 0 aliphatic heterocycles. The van der Waals surface area contributed by atoms with Gasteiger partial charge in [-0.2, -0.15) is 0 Å². The van der Waals surface area contributed by atoms with Crippen molar-refractivity contribution in [2.24, 2.45) is 0 Å². The summed E-state index contributed by atoms with van der Waals surface area (Å²) in [5.41, 5.74) is 1.37. The fourth-order valence-electron chi connectivity index (χ4n) is 2.26. The van der Waals surface area contributed by atoms with Crippen LogP contribution in [-0.4, -0.2) is 42.6 Å². The van der Waals surface area contributed by atoms with E-state index in [2.05, 4.69) is 5.32 Å². The van der Waals surface area contributed by atoms with Gasteiger partial charge in [-0.05, 0) is 36.8 Å². The van der Waals surface area contributed by atoms with Gasteiger partial charge in [0, 0.05) is 18.6 Å². The maximum Gasteiger partial charge on any atom is 0.316 e. The highest BCUT2D eigenvalue weighted by Crippen LogP contribution is 2.27. The largest absolute Gasteiger partial charge is 0.491 e. The minimum absolute atomic E-state index is 0.249. The number of thioether (sulfide) groups is 1. The average molecular weight is 389 g/mol. The molecule has 0 aliphatic carbocycles. The maximum absolute atomic E-state index is 12.6. The molecule has 0 radical (unpaired) electrons. The Morgan fingerprint density at radius 1 is 1.15 bits per heavy atom. The first-order valence-corrected chi connectivity index (χ1v) is 9.36. The third-order valence-electron chi connectivity index (χ3n) is 3.69. The van der Waals surface area contributed by atoms with Crippen LogP contribution in [0.25, 0.3) is 0 Å². The number of ether oxygens (including phenoxy) is 2. The predicted molar refractivity (Wildman–Crippen MR) is 104 cm³/mol. The Hall–Kier alpha value is -2.51. The normalized spacial score (nSPS) is 11.6. The van der Waals surface area contributed by atoms with Gasteiger partial charge in [0.15, 0.2) is 0 Å². The van der Waals surface area contributed by atoms with Crippen LogP contribution in [0, 0.1) is 0 Å². The SMILES string of the molecule is COCCOc1cccc(CNC(=O)c2ccccc2SC(C)C(=O)O)c1. The number of hydrogen-bond acceptors (Lipinski definition) is 5. The number of aliphatic carboxylic acids is 1. The zero-order valence-corrected chi connectivity index (χ0v) is 16.1. The zero-order chi connectivity index (χ0) is 19.6. The second-order valence-corrected chi connectivity index (χ2v) is 7.15. The van der Waals surface area contributed by atoms with Crippen LogP contribution in [0.15, 0.2) is 53.4 Å². The first-order valence-electron chi connectivity index (χ1n) is 8.48. The summed E-state index contributed by atoms with van der Waals surface area (Å²) in [5.74, 6) is -0.452. The van der Waals surface area contributed by atoms with E-state index in [4.69, 9.17) is 14.6 Å². The van der Waals surface area contributed by atoms with Gasteiger partial charge in [0.1, 0.15) is 17.6 Å².